The van der Waals surface area contributed by atoms with Crippen molar-refractivity contribution in [3.05, 3.63) is 47.7 Å². The van der Waals surface area contributed by atoms with Crippen molar-refractivity contribution in [2.24, 2.45) is 5.92 Å². The van der Waals surface area contributed by atoms with Gasteiger partial charge in [0.25, 0.3) is 5.91 Å². The molecule has 5 rings (SSSR count). The van der Waals surface area contributed by atoms with Crippen molar-refractivity contribution >= 4 is 29.0 Å². The number of rotatable bonds is 6. The largest absolute Gasteiger partial charge is 0.359 e. The number of carbonyl (C=O) groups is 2. The van der Waals surface area contributed by atoms with E-state index < -0.39 is 0 Å². The van der Waals surface area contributed by atoms with E-state index >= 15 is 0 Å². The van der Waals surface area contributed by atoms with Crippen LogP contribution < -0.4 is 15.5 Å². The monoisotopic (exact) mass is 405 g/mol. The second-order valence-electron chi connectivity index (χ2n) is 8.49. The second kappa shape index (κ2) is 8.07. The molecule has 0 radical (unpaired) electrons. The lowest BCUT2D eigenvalue weighted by atomic mass is 10.1. The Bertz CT molecular complexity index is 966. The number of anilines is 3. The molecule has 2 N–H and O–H groups in total. The van der Waals surface area contributed by atoms with E-state index in [1.165, 1.54) is 12.8 Å². The van der Waals surface area contributed by atoms with Crippen LogP contribution in [-0.4, -0.2) is 47.9 Å². The van der Waals surface area contributed by atoms with Crippen LogP contribution in [0.1, 0.15) is 41.6 Å². The van der Waals surface area contributed by atoms with E-state index in [0.717, 1.165) is 43.7 Å². The first-order valence-corrected chi connectivity index (χ1v) is 10.8. The van der Waals surface area contributed by atoms with Gasteiger partial charge in [-0.2, -0.15) is 0 Å². The molecule has 156 valence electrons. The number of aromatic nitrogens is 1. The van der Waals surface area contributed by atoms with Crippen LogP contribution in [0.2, 0.25) is 0 Å². The summed E-state index contributed by atoms with van der Waals surface area (Å²) >= 11 is 0. The van der Waals surface area contributed by atoms with E-state index in [1.807, 2.05) is 18.2 Å². The lowest BCUT2D eigenvalue weighted by Crippen LogP contribution is -2.41. The predicted octanol–water partition coefficient (Wildman–Crippen LogP) is 3.10. The summed E-state index contributed by atoms with van der Waals surface area (Å²) in [5, 5.41) is 6.12. The van der Waals surface area contributed by atoms with Crippen LogP contribution >= 0.6 is 0 Å². The van der Waals surface area contributed by atoms with E-state index in [4.69, 9.17) is 0 Å². The second-order valence-corrected chi connectivity index (χ2v) is 8.49. The maximum absolute atomic E-state index is 13.0. The fraction of sp³-hybridized carbons (Fsp3) is 0.435. The van der Waals surface area contributed by atoms with Gasteiger partial charge in [-0.05, 0) is 62.4 Å². The van der Waals surface area contributed by atoms with Gasteiger partial charge in [-0.3, -0.25) is 14.5 Å². The van der Waals surface area contributed by atoms with Crippen LogP contribution in [0.3, 0.4) is 0 Å². The summed E-state index contributed by atoms with van der Waals surface area (Å²) in [4.78, 5) is 34.1. The van der Waals surface area contributed by atoms with Crippen LogP contribution in [0.15, 0.2) is 36.5 Å². The number of pyridine rings is 1. The summed E-state index contributed by atoms with van der Waals surface area (Å²) in [6.45, 7) is 4.01. The molecule has 3 aliphatic rings. The number of carbonyl (C=O) groups excluding carboxylic acids is 2. The van der Waals surface area contributed by atoms with Gasteiger partial charge in [0.2, 0.25) is 5.91 Å². The van der Waals surface area contributed by atoms with Crippen molar-refractivity contribution in [1.82, 2.24) is 9.88 Å². The SMILES string of the molecule is O=C(Nc1ccccc1CN1CCCC1)c1cnc2c(c1)N(CC1CC1)C(=O)CN2. The van der Waals surface area contributed by atoms with Crippen molar-refractivity contribution in [2.75, 3.05) is 41.7 Å². The molecule has 3 heterocycles. The Hall–Kier alpha value is -2.93. The lowest BCUT2D eigenvalue weighted by Gasteiger charge is -2.29. The molecule has 30 heavy (non-hydrogen) atoms. The summed E-state index contributed by atoms with van der Waals surface area (Å²) in [5.41, 5.74) is 3.11. The molecule has 0 spiro atoms. The highest BCUT2D eigenvalue weighted by Crippen LogP contribution is 2.35. The molecule has 2 aromatic rings. The number of para-hydroxylation sites is 1. The van der Waals surface area contributed by atoms with E-state index in [1.54, 1.807) is 17.2 Å². The zero-order chi connectivity index (χ0) is 20.5. The van der Waals surface area contributed by atoms with Crippen LogP contribution in [0.5, 0.6) is 0 Å². The quantitative estimate of drug-likeness (QED) is 0.772. The molecule has 1 aromatic carbocycles. The molecule has 1 aliphatic carbocycles. The molecule has 1 aromatic heterocycles. The Labute approximate surface area is 176 Å². The Morgan fingerprint density at radius 2 is 2.00 bits per heavy atom. The molecule has 2 aliphatic heterocycles. The minimum atomic E-state index is -0.205. The summed E-state index contributed by atoms with van der Waals surface area (Å²) < 4.78 is 0. The number of fused-ring (bicyclic) bond motifs is 1. The third-order valence-corrected chi connectivity index (χ3v) is 6.12. The highest BCUT2D eigenvalue weighted by atomic mass is 16.2. The van der Waals surface area contributed by atoms with Gasteiger partial charge in [-0.1, -0.05) is 18.2 Å². The summed E-state index contributed by atoms with van der Waals surface area (Å²) in [6.07, 6.45) is 6.37. The molecule has 7 nitrogen and oxygen atoms in total. The summed E-state index contributed by atoms with van der Waals surface area (Å²) in [6, 6.07) is 9.74. The van der Waals surface area contributed by atoms with Crippen LogP contribution in [0.4, 0.5) is 17.2 Å². The van der Waals surface area contributed by atoms with Gasteiger partial charge in [0, 0.05) is 25.0 Å². The standard InChI is InChI=1S/C23H27N5O2/c29-21-13-25-22-20(28(21)14-16-7-8-16)11-18(12-24-22)23(30)26-19-6-2-1-5-17(19)15-27-9-3-4-10-27/h1-2,5-6,11-12,16H,3-4,7-10,13-15H2,(H,24,25)(H,26,30). The summed E-state index contributed by atoms with van der Waals surface area (Å²) in [7, 11) is 0. The molecular formula is C23H27N5O2. The average Bonchev–Trinajstić information content (AvgIpc) is 3.44. The number of hydrogen-bond donors (Lipinski definition) is 2. The average molecular weight is 406 g/mol. The van der Waals surface area contributed by atoms with Gasteiger partial charge >= 0.3 is 0 Å². The van der Waals surface area contributed by atoms with E-state index in [-0.39, 0.29) is 18.4 Å². The predicted molar refractivity (Wildman–Crippen MR) is 117 cm³/mol. The fourth-order valence-corrected chi connectivity index (χ4v) is 4.22. The maximum Gasteiger partial charge on any atom is 0.257 e. The number of nitrogens with zero attached hydrogens (tertiary/aromatic N) is 3. The molecule has 1 saturated heterocycles. The first-order valence-electron chi connectivity index (χ1n) is 10.8. The highest BCUT2D eigenvalue weighted by Gasteiger charge is 2.32. The zero-order valence-electron chi connectivity index (χ0n) is 17.1. The van der Waals surface area contributed by atoms with Crippen LogP contribution in [-0.2, 0) is 11.3 Å². The van der Waals surface area contributed by atoms with Crippen molar-refractivity contribution in [1.29, 1.82) is 0 Å². The van der Waals surface area contributed by atoms with Gasteiger partial charge in [0.15, 0.2) is 0 Å². The highest BCUT2D eigenvalue weighted by molar-refractivity contribution is 6.07. The molecule has 0 unspecified atom stereocenters. The zero-order valence-corrected chi connectivity index (χ0v) is 17.1. The molecule has 1 saturated carbocycles. The lowest BCUT2D eigenvalue weighted by molar-refractivity contribution is -0.117. The van der Waals surface area contributed by atoms with E-state index in [0.29, 0.717) is 29.5 Å². The van der Waals surface area contributed by atoms with Gasteiger partial charge in [0.1, 0.15) is 5.82 Å². The van der Waals surface area contributed by atoms with Crippen LogP contribution in [0, 0.1) is 5.92 Å². The topological polar surface area (TPSA) is 77.6 Å². The molecule has 2 fully saturated rings. The maximum atomic E-state index is 13.0. The molecular weight excluding hydrogens is 378 g/mol. The number of hydrogen-bond acceptors (Lipinski definition) is 5. The third kappa shape index (κ3) is 4.03. The van der Waals surface area contributed by atoms with Gasteiger partial charge in [0.05, 0.1) is 17.8 Å². The Morgan fingerprint density at radius 1 is 1.20 bits per heavy atom. The molecule has 7 heteroatoms. The van der Waals surface area contributed by atoms with Gasteiger partial charge in [-0.15, -0.1) is 0 Å². The number of amides is 2. The smallest absolute Gasteiger partial charge is 0.257 e. The van der Waals surface area contributed by atoms with Crippen molar-refractivity contribution in [3.63, 3.8) is 0 Å². The third-order valence-electron chi connectivity index (χ3n) is 6.12. The first kappa shape index (κ1) is 19.1. The van der Waals surface area contributed by atoms with Crippen molar-refractivity contribution < 1.29 is 9.59 Å². The summed E-state index contributed by atoms with van der Waals surface area (Å²) in [5.74, 6) is 1.06. The van der Waals surface area contributed by atoms with E-state index in [9.17, 15) is 9.59 Å². The minimum absolute atomic E-state index is 0.0321. The number of benzene rings is 1. The van der Waals surface area contributed by atoms with E-state index in [2.05, 4.69) is 26.6 Å². The Kier molecular flexibility index (Phi) is 5.12. The van der Waals surface area contributed by atoms with Crippen molar-refractivity contribution in [3.8, 4) is 0 Å². The van der Waals surface area contributed by atoms with Gasteiger partial charge < -0.3 is 15.5 Å². The van der Waals surface area contributed by atoms with Gasteiger partial charge in [-0.25, -0.2) is 4.98 Å². The normalized spacial score (nSPS) is 18.8. The van der Waals surface area contributed by atoms with Crippen molar-refractivity contribution in [2.45, 2.75) is 32.2 Å². The number of likely N-dealkylation sites (tertiary alicyclic amines) is 1. The number of nitrogens with one attached hydrogen (secondary N) is 2. The minimum Gasteiger partial charge on any atom is -0.359 e. The van der Waals surface area contributed by atoms with Crippen LogP contribution in [0.25, 0.3) is 0 Å². The molecule has 0 bridgehead atoms. The Balaban J connectivity index is 1.36. The fourth-order valence-electron chi connectivity index (χ4n) is 4.22. The molecule has 2 amide bonds. The molecule has 0 atom stereocenters. The Morgan fingerprint density at radius 3 is 2.80 bits per heavy atom. The first-order chi connectivity index (χ1) is 14.7.